The predicted molar refractivity (Wildman–Crippen MR) is 75.7 cm³/mol. The van der Waals surface area contributed by atoms with E-state index < -0.39 is 16.3 Å². The molecule has 5 heteroatoms. The Morgan fingerprint density at radius 1 is 1.47 bits per heavy atom. The zero-order valence-corrected chi connectivity index (χ0v) is 12.7. The van der Waals surface area contributed by atoms with Crippen molar-refractivity contribution >= 4 is 26.7 Å². The molecule has 0 spiro atoms. The molecule has 1 aromatic rings. The van der Waals surface area contributed by atoms with E-state index >= 15 is 0 Å². The summed E-state index contributed by atoms with van der Waals surface area (Å²) >= 11 is 3.40. The van der Waals surface area contributed by atoms with E-state index in [0.717, 1.165) is 15.8 Å². The second-order valence-corrected chi connectivity index (χ2v) is 7.05. The van der Waals surface area contributed by atoms with E-state index in [2.05, 4.69) is 15.9 Å². The number of rotatable bonds is 5. The van der Waals surface area contributed by atoms with Crippen LogP contribution in [0.4, 0.5) is 0 Å². The van der Waals surface area contributed by atoms with Gasteiger partial charge in [0.1, 0.15) is 5.75 Å². The summed E-state index contributed by atoms with van der Waals surface area (Å²) in [5, 5.41) is 0. The zero-order chi connectivity index (χ0) is 13.1. The largest absolute Gasteiger partial charge is 0.496 e. The molecule has 1 atom stereocenters. The SMILES string of the molecule is COc1ccc(Br)cc1CS(=O)CC(C)(C)N. The summed E-state index contributed by atoms with van der Waals surface area (Å²) in [7, 11) is 0.627. The van der Waals surface area contributed by atoms with Gasteiger partial charge in [0.05, 0.1) is 12.9 Å². The van der Waals surface area contributed by atoms with E-state index in [1.807, 2.05) is 32.0 Å². The number of hydrogen-bond donors (Lipinski definition) is 1. The maximum absolute atomic E-state index is 12.0. The van der Waals surface area contributed by atoms with Crippen molar-refractivity contribution in [2.75, 3.05) is 12.9 Å². The van der Waals surface area contributed by atoms with Crippen LogP contribution in [0, 0.1) is 0 Å². The molecule has 1 unspecified atom stereocenters. The van der Waals surface area contributed by atoms with Crippen molar-refractivity contribution in [2.24, 2.45) is 5.73 Å². The summed E-state index contributed by atoms with van der Waals surface area (Å²) in [4.78, 5) is 0. The van der Waals surface area contributed by atoms with Gasteiger partial charge in [-0.25, -0.2) is 0 Å². The molecule has 0 saturated heterocycles. The van der Waals surface area contributed by atoms with Crippen molar-refractivity contribution in [2.45, 2.75) is 25.1 Å². The molecule has 0 amide bonds. The van der Waals surface area contributed by atoms with Gasteiger partial charge in [-0.3, -0.25) is 4.21 Å². The van der Waals surface area contributed by atoms with E-state index in [4.69, 9.17) is 10.5 Å². The van der Waals surface area contributed by atoms with Crippen LogP contribution in [0.15, 0.2) is 22.7 Å². The highest BCUT2D eigenvalue weighted by Crippen LogP contribution is 2.24. The van der Waals surface area contributed by atoms with Crippen molar-refractivity contribution in [1.82, 2.24) is 0 Å². The Kier molecular flexibility index (Phi) is 5.16. The average molecular weight is 320 g/mol. The smallest absolute Gasteiger partial charge is 0.123 e. The molecule has 2 N–H and O–H groups in total. The second kappa shape index (κ2) is 5.98. The van der Waals surface area contributed by atoms with Crippen LogP contribution in [0.3, 0.4) is 0 Å². The molecule has 3 nitrogen and oxygen atoms in total. The van der Waals surface area contributed by atoms with Gasteiger partial charge in [-0.1, -0.05) is 15.9 Å². The quantitative estimate of drug-likeness (QED) is 0.907. The summed E-state index contributed by atoms with van der Waals surface area (Å²) in [6.45, 7) is 3.76. The Bertz CT molecular complexity index is 415. The first-order valence-electron chi connectivity index (χ1n) is 5.28. The first-order valence-corrected chi connectivity index (χ1v) is 7.56. The lowest BCUT2D eigenvalue weighted by atomic mass is 10.1. The topological polar surface area (TPSA) is 52.3 Å². The van der Waals surface area contributed by atoms with Crippen LogP contribution in [-0.4, -0.2) is 22.6 Å². The van der Waals surface area contributed by atoms with Crippen molar-refractivity contribution in [3.63, 3.8) is 0 Å². The maximum Gasteiger partial charge on any atom is 0.123 e. The Morgan fingerprint density at radius 2 is 2.12 bits per heavy atom. The summed E-state index contributed by atoms with van der Waals surface area (Å²) < 4.78 is 18.2. The zero-order valence-electron chi connectivity index (χ0n) is 10.3. The lowest BCUT2D eigenvalue weighted by Gasteiger charge is -2.18. The maximum atomic E-state index is 12.0. The van der Waals surface area contributed by atoms with Crippen LogP contribution in [0.25, 0.3) is 0 Å². The van der Waals surface area contributed by atoms with Crippen LogP contribution in [0.1, 0.15) is 19.4 Å². The van der Waals surface area contributed by atoms with Crippen LogP contribution in [0.5, 0.6) is 5.75 Å². The highest BCUT2D eigenvalue weighted by Gasteiger charge is 2.17. The molecule has 0 heterocycles. The van der Waals surface area contributed by atoms with E-state index in [-0.39, 0.29) is 0 Å². The average Bonchev–Trinajstić information content (AvgIpc) is 2.14. The third kappa shape index (κ3) is 5.19. The van der Waals surface area contributed by atoms with Gasteiger partial charge in [0.25, 0.3) is 0 Å². The molecule has 1 aromatic carbocycles. The molecule has 17 heavy (non-hydrogen) atoms. The summed E-state index contributed by atoms with van der Waals surface area (Å²) in [6.07, 6.45) is 0. The van der Waals surface area contributed by atoms with E-state index in [0.29, 0.717) is 11.5 Å². The molecule has 0 aliphatic rings. The fourth-order valence-corrected chi connectivity index (χ4v) is 3.41. The van der Waals surface area contributed by atoms with Gasteiger partial charge in [0.15, 0.2) is 0 Å². The van der Waals surface area contributed by atoms with Gasteiger partial charge >= 0.3 is 0 Å². The van der Waals surface area contributed by atoms with Gasteiger partial charge < -0.3 is 10.5 Å². The van der Waals surface area contributed by atoms with Crippen molar-refractivity contribution in [3.8, 4) is 5.75 Å². The summed E-state index contributed by atoms with van der Waals surface area (Å²) in [5.41, 5.74) is 6.38. The number of ether oxygens (including phenoxy) is 1. The lowest BCUT2D eigenvalue weighted by molar-refractivity contribution is 0.411. The molecule has 0 aliphatic carbocycles. The molecule has 0 fully saturated rings. The lowest BCUT2D eigenvalue weighted by Crippen LogP contribution is -2.38. The van der Waals surface area contributed by atoms with Gasteiger partial charge in [-0.2, -0.15) is 0 Å². The standard InChI is InChI=1S/C12H18BrNO2S/c1-12(2,14)8-17(15)7-9-6-10(13)4-5-11(9)16-3/h4-6H,7-8,14H2,1-3H3. The highest BCUT2D eigenvalue weighted by molar-refractivity contribution is 9.10. The number of halogens is 1. The molecule has 0 aromatic heterocycles. The highest BCUT2D eigenvalue weighted by atomic mass is 79.9. The monoisotopic (exact) mass is 319 g/mol. The van der Waals surface area contributed by atoms with Gasteiger partial charge in [-0.05, 0) is 32.0 Å². The van der Waals surface area contributed by atoms with Crippen molar-refractivity contribution < 1.29 is 8.95 Å². The Balaban J connectivity index is 2.80. The van der Waals surface area contributed by atoms with Crippen LogP contribution < -0.4 is 10.5 Å². The predicted octanol–water partition coefficient (Wildman–Crippen LogP) is 2.44. The van der Waals surface area contributed by atoms with Crippen molar-refractivity contribution in [3.05, 3.63) is 28.2 Å². The van der Waals surface area contributed by atoms with Crippen LogP contribution >= 0.6 is 15.9 Å². The number of hydrogen-bond acceptors (Lipinski definition) is 3. The van der Waals surface area contributed by atoms with Crippen LogP contribution in [0.2, 0.25) is 0 Å². The number of nitrogens with two attached hydrogens (primary N) is 1. The van der Waals surface area contributed by atoms with Crippen molar-refractivity contribution in [1.29, 1.82) is 0 Å². The van der Waals surface area contributed by atoms with E-state index in [1.165, 1.54) is 0 Å². The Morgan fingerprint density at radius 3 is 2.65 bits per heavy atom. The molecular weight excluding hydrogens is 302 g/mol. The minimum absolute atomic E-state index is 0.413. The minimum Gasteiger partial charge on any atom is -0.496 e. The number of methoxy groups -OCH3 is 1. The second-order valence-electron chi connectivity index (χ2n) is 4.67. The summed E-state index contributed by atoms with van der Waals surface area (Å²) in [6, 6.07) is 5.70. The molecule has 1 rings (SSSR count). The van der Waals surface area contributed by atoms with Crippen LogP contribution in [-0.2, 0) is 16.6 Å². The van der Waals surface area contributed by atoms with E-state index in [1.54, 1.807) is 7.11 Å². The first-order chi connectivity index (χ1) is 7.81. The Labute approximate surface area is 113 Å². The summed E-state index contributed by atoms with van der Waals surface area (Å²) in [5.74, 6) is 1.70. The molecule has 0 saturated carbocycles. The molecular formula is C12H18BrNO2S. The Hall–Kier alpha value is -0.390. The fraction of sp³-hybridized carbons (Fsp3) is 0.500. The normalized spacial score (nSPS) is 13.5. The molecule has 0 radical (unpaired) electrons. The minimum atomic E-state index is -0.986. The van der Waals surface area contributed by atoms with Gasteiger partial charge in [-0.15, -0.1) is 0 Å². The fourth-order valence-electron chi connectivity index (χ4n) is 1.50. The third-order valence-corrected chi connectivity index (χ3v) is 4.28. The van der Waals surface area contributed by atoms with E-state index in [9.17, 15) is 4.21 Å². The molecule has 0 aliphatic heterocycles. The van der Waals surface area contributed by atoms with Gasteiger partial charge in [0.2, 0.25) is 0 Å². The molecule has 0 bridgehead atoms. The van der Waals surface area contributed by atoms with Gasteiger partial charge in [0, 0.05) is 32.1 Å². The number of benzene rings is 1. The first kappa shape index (κ1) is 14.7. The molecule has 96 valence electrons. The third-order valence-electron chi connectivity index (χ3n) is 2.09.